The molecule has 160 valence electrons. The molecule has 0 heterocycles. The van der Waals surface area contributed by atoms with E-state index in [1.807, 2.05) is 12.1 Å². The Hall–Kier alpha value is -2.00. The highest BCUT2D eigenvalue weighted by Gasteiger charge is 2.03. The second kappa shape index (κ2) is 18.1. The minimum Gasteiger partial charge on any atom is -0.494 e. The summed E-state index contributed by atoms with van der Waals surface area (Å²) in [5.74, 6) is 0.682. The number of unbranched alkanes of at least 4 members (excludes halogenated alkanes) is 15. The molecule has 0 spiro atoms. The zero-order valence-electron chi connectivity index (χ0n) is 18.6. The summed E-state index contributed by atoms with van der Waals surface area (Å²) in [5.41, 5.74) is 0.791. The SMILES string of the molecule is CCCCCCCCCCCCCCCCCCOc1ccc(C#N)c(C#N)c1. The van der Waals surface area contributed by atoms with Crippen LogP contribution in [-0.2, 0) is 0 Å². The van der Waals surface area contributed by atoms with E-state index in [-0.39, 0.29) is 0 Å². The number of nitriles is 2. The van der Waals surface area contributed by atoms with E-state index in [1.165, 1.54) is 96.3 Å². The molecule has 0 aromatic heterocycles. The van der Waals surface area contributed by atoms with Crippen molar-refractivity contribution in [3.63, 3.8) is 0 Å². The van der Waals surface area contributed by atoms with Crippen LogP contribution < -0.4 is 4.74 Å². The third-order valence-corrected chi connectivity index (χ3v) is 5.50. The van der Waals surface area contributed by atoms with Crippen LogP contribution in [0, 0.1) is 22.7 Å². The van der Waals surface area contributed by atoms with Gasteiger partial charge in [-0.05, 0) is 24.6 Å². The van der Waals surface area contributed by atoms with Crippen LogP contribution in [0.4, 0.5) is 0 Å². The molecule has 0 amide bonds. The van der Waals surface area contributed by atoms with Gasteiger partial charge in [-0.1, -0.05) is 103 Å². The second-order valence-corrected chi connectivity index (χ2v) is 8.08. The van der Waals surface area contributed by atoms with Crippen LogP contribution >= 0.6 is 0 Å². The number of hydrogen-bond donors (Lipinski definition) is 0. The van der Waals surface area contributed by atoms with Gasteiger partial charge in [0.1, 0.15) is 17.9 Å². The summed E-state index contributed by atoms with van der Waals surface area (Å²) >= 11 is 0. The molecular formula is C26H40N2O. The van der Waals surface area contributed by atoms with E-state index < -0.39 is 0 Å². The molecule has 0 bridgehead atoms. The molecule has 0 N–H and O–H groups in total. The van der Waals surface area contributed by atoms with Gasteiger partial charge in [-0.15, -0.1) is 0 Å². The first kappa shape index (κ1) is 25.0. The number of benzene rings is 1. The van der Waals surface area contributed by atoms with Crippen LogP contribution in [0.1, 0.15) is 121 Å². The minimum absolute atomic E-state index is 0.386. The largest absolute Gasteiger partial charge is 0.494 e. The highest BCUT2D eigenvalue weighted by molar-refractivity contribution is 5.49. The maximum absolute atomic E-state index is 9.04. The molecule has 3 heteroatoms. The summed E-state index contributed by atoms with van der Waals surface area (Å²) in [6.45, 7) is 2.95. The Labute approximate surface area is 179 Å². The predicted octanol–water partition coefficient (Wildman–Crippen LogP) is 8.07. The Kier molecular flexibility index (Phi) is 15.6. The monoisotopic (exact) mass is 396 g/mol. The van der Waals surface area contributed by atoms with Gasteiger partial charge in [-0.3, -0.25) is 0 Å². The third-order valence-electron chi connectivity index (χ3n) is 5.50. The first-order valence-electron chi connectivity index (χ1n) is 11.9. The van der Waals surface area contributed by atoms with Crippen LogP contribution in [0.2, 0.25) is 0 Å². The highest BCUT2D eigenvalue weighted by Crippen LogP contribution is 2.18. The lowest BCUT2D eigenvalue weighted by atomic mass is 10.0. The van der Waals surface area contributed by atoms with Crippen molar-refractivity contribution in [1.29, 1.82) is 10.5 Å². The Balaban J connectivity index is 1.86. The summed E-state index contributed by atoms with van der Waals surface area (Å²) < 4.78 is 5.71. The maximum Gasteiger partial charge on any atom is 0.120 e. The van der Waals surface area contributed by atoms with Crippen molar-refractivity contribution < 1.29 is 4.74 Å². The first-order valence-corrected chi connectivity index (χ1v) is 11.9. The van der Waals surface area contributed by atoms with Gasteiger partial charge in [0.05, 0.1) is 17.7 Å². The van der Waals surface area contributed by atoms with Gasteiger partial charge in [0, 0.05) is 0 Å². The van der Waals surface area contributed by atoms with Crippen LogP contribution in [-0.4, -0.2) is 6.61 Å². The average Bonchev–Trinajstić information content (AvgIpc) is 2.75. The van der Waals surface area contributed by atoms with E-state index in [9.17, 15) is 0 Å². The number of hydrogen-bond acceptors (Lipinski definition) is 3. The van der Waals surface area contributed by atoms with E-state index in [0.29, 0.717) is 23.5 Å². The van der Waals surface area contributed by atoms with Crippen molar-refractivity contribution >= 4 is 0 Å². The third kappa shape index (κ3) is 13.0. The summed E-state index contributed by atoms with van der Waals surface area (Å²) in [6, 6.07) is 9.15. The van der Waals surface area contributed by atoms with Gasteiger partial charge in [-0.2, -0.15) is 10.5 Å². The zero-order valence-corrected chi connectivity index (χ0v) is 18.6. The molecule has 1 aromatic carbocycles. The normalized spacial score (nSPS) is 10.4. The van der Waals surface area contributed by atoms with E-state index in [1.54, 1.807) is 18.2 Å². The standard InChI is InChI=1S/C26H40N2O/c1-2-3-4-5-6-7-8-9-10-11-12-13-14-15-16-17-20-29-26-19-18-24(22-27)25(21-26)23-28/h18-19,21H,2-17,20H2,1H3. The average molecular weight is 397 g/mol. The fraction of sp³-hybridized carbons (Fsp3) is 0.692. The van der Waals surface area contributed by atoms with Gasteiger partial charge in [0.2, 0.25) is 0 Å². The topological polar surface area (TPSA) is 56.8 Å². The maximum atomic E-state index is 9.04. The van der Waals surface area contributed by atoms with Gasteiger partial charge in [0.25, 0.3) is 0 Å². The van der Waals surface area contributed by atoms with E-state index >= 15 is 0 Å². The molecule has 0 fully saturated rings. The van der Waals surface area contributed by atoms with Crippen molar-refractivity contribution in [3.05, 3.63) is 29.3 Å². The van der Waals surface area contributed by atoms with Crippen molar-refractivity contribution in [2.45, 2.75) is 110 Å². The minimum atomic E-state index is 0.386. The molecule has 0 saturated heterocycles. The highest BCUT2D eigenvalue weighted by atomic mass is 16.5. The zero-order chi connectivity index (χ0) is 21.0. The van der Waals surface area contributed by atoms with Gasteiger partial charge in [-0.25, -0.2) is 0 Å². The van der Waals surface area contributed by atoms with Crippen molar-refractivity contribution in [3.8, 4) is 17.9 Å². The lowest BCUT2D eigenvalue weighted by Crippen LogP contribution is -1.98. The van der Waals surface area contributed by atoms with Gasteiger partial charge < -0.3 is 4.74 Å². The number of nitrogens with zero attached hydrogens (tertiary/aromatic N) is 2. The van der Waals surface area contributed by atoms with Crippen molar-refractivity contribution in [2.24, 2.45) is 0 Å². The lowest BCUT2D eigenvalue weighted by molar-refractivity contribution is 0.304. The summed E-state index contributed by atoms with van der Waals surface area (Å²) in [4.78, 5) is 0. The predicted molar refractivity (Wildman–Crippen MR) is 121 cm³/mol. The Morgan fingerprint density at radius 1 is 0.621 bits per heavy atom. The van der Waals surface area contributed by atoms with E-state index in [4.69, 9.17) is 15.3 Å². The number of ether oxygens (including phenoxy) is 1. The summed E-state index contributed by atoms with van der Waals surface area (Å²) in [7, 11) is 0. The fourth-order valence-electron chi connectivity index (χ4n) is 3.64. The smallest absolute Gasteiger partial charge is 0.120 e. The van der Waals surface area contributed by atoms with Crippen LogP contribution in [0.25, 0.3) is 0 Å². The lowest BCUT2D eigenvalue weighted by Gasteiger charge is -2.07. The van der Waals surface area contributed by atoms with Crippen LogP contribution in [0.15, 0.2) is 18.2 Å². The molecule has 29 heavy (non-hydrogen) atoms. The molecule has 0 aliphatic heterocycles. The molecular weight excluding hydrogens is 356 g/mol. The number of rotatable bonds is 18. The van der Waals surface area contributed by atoms with E-state index in [2.05, 4.69) is 6.92 Å². The molecule has 0 radical (unpaired) electrons. The Bertz CT molecular complexity index is 612. The molecule has 1 rings (SSSR count). The summed E-state index contributed by atoms with van der Waals surface area (Å²) in [5, 5.41) is 18.0. The van der Waals surface area contributed by atoms with Crippen LogP contribution in [0.5, 0.6) is 5.75 Å². The molecule has 0 atom stereocenters. The van der Waals surface area contributed by atoms with Gasteiger partial charge >= 0.3 is 0 Å². The molecule has 1 aromatic rings. The van der Waals surface area contributed by atoms with Crippen LogP contribution in [0.3, 0.4) is 0 Å². The van der Waals surface area contributed by atoms with E-state index in [0.717, 1.165) is 6.42 Å². The second-order valence-electron chi connectivity index (χ2n) is 8.08. The molecule has 0 saturated carbocycles. The molecule has 0 aliphatic rings. The van der Waals surface area contributed by atoms with Crippen molar-refractivity contribution in [2.75, 3.05) is 6.61 Å². The Morgan fingerprint density at radius 2 is 1.07 bits per heavy atom. The molecule has 3 nitrogen and oxygen atoms in total. The van der Waals surface area contributed by atoms with Crippen molar-refractivity contribution in [1.82, 2.24) is 0 Å². The first-order chi connectivity index (χ1) is 14.3. The summed E-state index contributed by atoms with van der Waals surface area (Å²) in [6.07, 6.45) is 21.8. The Morgan fingerprint density at radius 3 is 1.52 bits per heavy atom. The fourth-order valence-corrected chi connectivity index (χ4v) is 3.64. The van der Waals surface area contributed by atoms with Gasteiger partial charge in [0.15, 0.2) is 0 Å². The quantitative estimate of drug-likeness (QED) is 0.236. The molecule has 0 aliphatic carbocycles. The molecule has 0 unspecified atom stereocenters.